The summed E-state index contributed by atoms with van der Waals surface area (Å²) in [5, 5.41) is 10.4. The summed E-state index contributed by atoms with van der Waals surface area (Å²) >= 11 is 0. The van der Waals surface area contributed by atoms with E-state index >= 15 is 0 Å². The first-order chi connectivity index (χ1) is 12.2. The minimum Gasteiger partial charge on any atom is -0.390 e. The highest BCUT2D eigenvalue weighted by Gasteiger charge is 2.43. The van der Waals surface area contributed by atoms with E-state index in [4.69, 9.17) is 9.72 Å². The molecule has 2 fully saturated rings. The summed E-state index contributed by atoms with van der Waals surface area (Å²) in [5.41, 5.74) is 1.66. The van der Waals surface area contributed by atoms with E-state index in [0.29, 0.717) is 0 Å². The number of nitrogens with zero attached hydrogens (tertiary/aromatic N) is 3. The predicted octanol–water partition coefficient (Wildman–Crippen LogP) is 2.96. The molecule has 1 unspecified atom stereocenters. The van der Waals surface area contributed by atoms with Crippen molar-refractivity contribution in [1.29, 1.82) is 0 Å². The van der Waals surface area contributed by atoms with Gasteiger partial charge in [0.1, 0.15) is 5.82 Å². The maximum atomic E-state index is 10.4. The van der Waals surface area contributed by atoms with Crippen LogP contribution in [0.2, 0.25) is 0 Å². The first-order valence-electron chi connectivity index (χ1n) is 9.14. The third-order valence-corrected chi connectivity index (χ3v) is 5.43. The number of anilines is 1. The first-order valence-corrected chi connectivity index (χ1v) is 9.14. The fourth-order valence-corrected chi connectivity index (χ4v) is 3.93. The number of benzene rings is 1. The van der Waals surface area contributed by atoms with Gasteiger partial charge in [-0.1, -0.05) is 30.3 Å². The highest BCUT2D eigenvalue weighted by molar-refractivity contribution is 5.58. The van der Waals surface area contributed by atoms with Crippen LogP contribution in [0.4, 0.5) is 5.82 Å². The second kappa shape index (κ2) is 6.73. The number of aromatic nitrogens is 2. The number of aryl methyl sites for hydroxylation is 1. The van der Waals surface area contributed by atoms with Crippen LogP contribution in [0.3, 0.4) is 0 Å². The van der Waals surface area contributed by atoms with Crippen molar-refractivity contribution in [3.63, 3.8) is 0 Å². The molecule has 4 rings (SSSR count). The first kappa shape index (κ1) is 16.5. The Morgan fingerprint density at radius 2 is 1.92 bits per heavy atom. The van der Waals surface area contributed by atoms with E-state index in [0.717, 1.165) is 68.3 Å². The molecule has 0 bridgehead atoms. The van der Waals surface area contributed by atoms with Gasteiger partial charge in [-0.05, 0) is 32.6 Å². The molecule has 0 aliphatic carbocycles. The lowest BCUT2D eigenvalue weighted by Gasteiger charge is -2.47. The highest BCUT2D eigenvalue weighted by atomic mass is 16.5. The van der Waals surface area contributed by atoms with Crippen LogP contribution in [-0.4, -0.2) is 46.5 Å². The normalized spacial score (nSPS) is 23.0. The molecule has 1 atom stereocenters. The molecule has 132 valence electrons. The van der Waals surface area contributed by atoms with Gasteiger partial charge < -0.3 is 14.7 Å². The maximum Gasteiger partial charge on any atom is 0.161 e. The minimum absolute atomic E-state index is 0.338. The van der Waals surface area contributed by atoms with Crippen molar-refractivity contribution in [3.8, 4) is 11.4 Å². The van der Waals surface area contributed by atoms with Gasteiger partial charge in [-0.2, -0.15) is 0 Å². The van der Waals surface area contributed by atoms with E-state index in [2.05, 4.69) is 9.88 Å². The van der Waals surface area contributed by atoms with E-state index < -0.39 is 0 Å². The van der Waals surface area contributed by atoms with Gasteiger partial charge in [0, 0.05) is 37.0 Å². The molecule has 2 aliphatic heterocycles. The summed E-state index contributed by atoms with van der Waals surface area (Å²) in [6.07, 6.45) is 3.16. The molecule has 5 heteroatoms. The molecular formula is C20H25N3O2. The van der Waals surface area contributed by atoms with Crippen molar-refractivity contribution in [2.24, 2.45) is 0 Å². The molecule has 2 aliphatic rings. The zero-order valence-electron chi connectivity index (χ0n) is 14.7. The van der Waals surface area contributed by atoms with Crippen molar-refractivity contribution in [3.05, 3.63) is 42.1 Å². The summed E-state index contributed by atoms with van der Waals surface area (Å²) in [6.45, 7) is 4.47. The molecule has 0 amide bonds. The lowest BCUT2D eigenvalue weighted by molar-refractivity contribution is -0.164. The van der Waals surface area contributed by atoms with Crippen LogP contribution >= 0.6 is 0 Å². The lowest BCUT2D eigenvalue weighted by Crippen LogP contribution is -2.55. The van der Waals surface area contributed by atoms with Crippen molar-refractivity contribution in [2.45, 2.75) is 44.3 Å². The molecule has 1 aromatic heterocycles. The number of rotatable bonds is 2. The highest BCUT2D eigenvalue weighted by Crippen LogP contribution is 2.36. The van der Waals surface area contributed by atoms with E-state index in [-0.39, 0.29) is 11.7 Å². The molecule has 2 saturated heterocycles. The lowest BCUT2D eigenvalue weighted by atomic mass is 9.82. The molecule has 1 aromatic carbocycles. The molecule has 0 saturated carbocycles. The van der Waals surface area contributed by atoms with E-state index in [1.807, 2.05) is 43.3 Å². The molecule has 25 heavy (non-hydrogen) atoms. The zero-order valence-corrected chi connectivity index (χ0v) is 14.7. The Hall–Kier alpha value is -1.98. The SMILES string of the molecule is Cc1cc(N2CCC3(CC2)OCCCC3O)nc(-c2ccccc2)n1. The Labute approximate surface area is 148 Å². The topological polar surface area (TPSA) is 58.5 Å². The third kappa shape index (κ3) is 3.26. The Kier molecular flexibility index (Phi) is 4.44. The summed E-state index contributed by atoms with van der Waals surface area (Å²) < 4.78 is 6.01. The standard InChI is InChI=1S/C20H25N3O2/c1-15-14-18(22-19(21-15)16-6-3-2-4-7-16)23-11-9-20(10-12-23)17(24)8-5-13-25-20/h2-4,6-7,14,17,24H,5,8-13H2,1H3. The van der Waals surface area contributed by atoms with Gasteiger partial charge in [-0.3, -0.25) is 0 Å². The Morgan fingerprint density at radius 3 is 2.64 bits per heavy atom. The van der Waals surface area contributed by atoms with Crippen LogP contribution in [-0.2, 0) is 4.74 Å². The second-order valence-corrected chi connectivity index (χ2v) is 7.12. The van der Waals surface area contributed by atoms with Crippen LogP contribution in [0.1, 0.15) is 31.4 Å². The van der Waals surface area contributed by atoms with Gasteiger partial charge in [0.2, 0.25) is 0 Å². The zero-order chi connectivity index (χ0) is 17.3. The molecular weight excluding hydrogens is 314 g/mol. The van der Waals surface area contributed by atoms with Crippen LogP contribution in [0, 0.1) is 6.92 Å². The van der Waals surface area contributed by atoms with E-state index in [1.54, 1.807) is 0 Å². The van der Waals surface area contributed by atoms with Crippen LogP contribution in [0.5, 0.6) is 0 Å². The van der Waals surface area contributed by atoms with Crippen molar-refractivity contribution in [2.75, 3.05) is 24.6 Å². The van der Waals surface area contributed by atoms with Crippen molar-refractivity contribution >= 4 is 5.82 Å². The summed E-state index contributed by atoms with van der Waals surface area (Å²) in [7, 11) is 0. The molecule has 2 aromatic rings. The van der Waals surface area contributed by atoms with Crippen LogP contribution < -0.4 is 4.90 Å². The summed E-state index contributed by atoms with van der Waals surface area (Å²) in [4.78, 5) is 11.7. The van der Waals surface area contributed by atoms with Gasteiger partial charge in [0.25, 0.3) is 0 Å². The quantitative estimate of drug-likeness (QED) is 0.911. The maximum absolute atomic E-state index is 10.4. The molecule has 5 nitrogen and oxygen atoms in total. The minimum atomic E-state index is -0.348. The molecule has 1 N–H and O–H groups in total. The van der Waals surface area contributed by atoms with Gasteiger partial charge >= 0.3 is 0 Å². The molecule has 0 radical (unpaired) electrons. The molecule has 3 heterocycles. The second-order valence-electron chi connectivity index (χ2n) is 7.12. The number of ether oxygens (including phenoxy) is 1. The smallest absolute Gasteiger partial charge is 0.161 e. The Bertz CT molecular complexity index is 727. The Balaban J connectivity index is 1.54. The van der Waals surface area contributed by atoms with E-state index in [9.17, 15) is 5.11 Å². The van der Waals surface area contributed by atoms with Gasteiger partial charge in [0.05, 0.1) is 11.7 Å². The van der Waals surface area contributed by atoms with Crippen LogP contribution in [0.15, 0.2) is 36.4 Å². The fourth-order valence-electron chi connectivity index (χ4n) is 3.93. The Morgan fingerprint density at radius 1 is 1.16 bits per heavy atom. The average molecular weight is 339 g/mol. The average Bonchev–Trinajstić information content (AvgIpc) is 2.65. The summed E-state index contributed by atoms with van der Waals surface area (Å²) in [6, 6.07) is 12.1. The van der Waals surface area contributed by atoms with E-state index in [1.165, 1.54) is 0 Å². The van der Waals surface area contributed by atoms with Crippen molar-refractivity contribution < 1.29 is 9.84 Å². The molecule has 1 spiro atoms. The number of aliphatic hydroxyl groups is 1. The fraction of sp³-hybridized carbons (Fsp3) is 0.500. The monoisotopic (exact) mass is 339 g/mol. The largest absolute Gasteiger partial charge is 0.390 e. The van der Waals surface area contributed by atoms with Crippen LogP contribution in [0.25, 0.3) is 11.4 Å². The van der Waals surface area contributed by atoms with Gasteiger partial charge in [-0.25, -0.2) is 9.97 Å². The number of hydrogen-bond donors (Lipinski definition) is 1. The van der Waals surface area contributed by atoms with Gasteiger partial charge in [-0.15, -0.1) is 0 Å². The van der Waals surface area contributed by atoms with Gasteiger partial charge in [0.15, 0.2) is 5.82 Å². The number of hydrogen-bond acceptors (Lipinski definition) is 5. The summed E-state index contributed by atoms with van der Waals surface area (Å²) in [5.74, 6) is 1.73. The van der Waals surface area contributed by atoms with Crippen molar-refractivity contribution in [1.82, 2.24) is 9.97 Å². The predicted molar refractivity (Wildman–Crippen MR) is 97.6 cm³/mol. The number of piperidine rings is 1. The third-order valence-electron chi connectivity index (χ3n) is 5.43. The number of aliphatic hydroxyl groups excluding tert-OH is 1.